The van der Waals surface area contributed by atoms with E-state index < -0.39 is 5.97 Å². The van der Waals surface area contributed by atoms with Crippen LogP contribution >= 0.6 is 0 Å². The molecule has 0 saturated heterocycles. The third-order valence-corrected chi connectivity index (χ3v) is 4.40. The molecule has 4 rings (SSSR count). The Kier molecular flexibility index (Phi) is 3.31. The van der Waals surface area contributed by atoms with Gasteiger partial charge in [-0.05, 0) is 38.4 Å². The van der Waals surface area contributed by atoms with E-state index in [1.807, 2.05) is 24.3 Å². The van der Waals surface area contributed by atoms with Crippen molar-refractivity contribution in [1.82, 2.24) is 5.32 Å². The Morgan fingerprint density at radius 2 is 1.46 bits per heavy atom. The zero-order valence-electron chi connectivity index (χ0n) is 12.9. The molecule has 0 saturated carbocycles. The van der Waals surface area contributed by atoms with Gasteiger partial charge in [0, 0.05) is 12.1 Å². The van der Waals surface area contributed by atoms with Crippen LogP contribution in [0.15, 0.2) is 54.6 Å². The Bertz CT molecular complexity index is 1070. The van der Waals surface area contributed by atoms with E-state index in [2.05, 4.69) is 29.6 Å². The highest BCUT2D eigenvalue weighted by atomic mass is 16.4. The molecule has 0 bridgehead atoms. The number of hydrogen-bond acceptors (Lipinski definition) is 2. The lowest BCUT2D eigenvalue weighted by atomic mass is 9.92. The summed E-state index contributed by atoms with van der Waals surface area (Å²) >= 11 is 0. The van der Waals surface area contributed by atoms with Crippen molar-refractivity contribution in [2.75, 3.05) is 6.54 Å². The summed E-state index contributed by atoms with van der Waals surface area (Å²) < 4.78 is 0. The van der Waals surface area contributed by atoms with E-state index in [0.29, 0.717) is 5.56 Å². The maximum absolute atomic E-state index is 12.5. The lowest BCUT2D eigenvalue weighted by Gasteiger charge is -2.13. The Hall–Kier alpha value is -3.14. The zero-order valence-corrected chi connectivity index (χ0v) is 12.9. The summed E-state index contributed by atoms with van der Waals surface area (Å²) in [7, 11) is 0. The van der Waals surface area contributed by atoms with Gasteiger partial charge in [-0.25, -0.2) is 0 Å². The van der Waals surface area contributed by atoms with E-state index in [4.69, 9.17) is 5.11 Å². The summed E-state index contributed by atoms with van der Waals surface area (Å²) in [4.78, 5) is 23.1. The summed E-state index contributed by atoms with van der Waals surface area (Å²) in [6.07, 6.45) is -0.0857. The average Bonchev–Trinajstić information content (AvgIpc) is 2.59. The summed E-state index contributed by atoms with van der Waals surface area (Å²) in [5, 5.41) is 17.9. The average molecular weight is 317 g/mol. The Labute approximate surface area is 138 Å². The first-order valence-electron chi connectivity index (χ1n) is 7.82. The molecule has 0 aliphatic heterocycles. The van der Waals surface area contributed by atoms with Crippen LogP contribution in [0.3, 0.4) is 0 Å². The maximum Gasteiger partial charge on any atom is 0.305 e. The molecule has 24 heavy (non-hydrogen) atoms. The largest absolute Gasteiger partial charge is 0.481 e. The third kappa shape index (κ3) is 2.24. The predicted octanol–water partition coefficient (Wildman–Crippen LogP) is 3.79. The van der Waals surface area contributed by atoms with Crippen molar-refractivity contribution in [3.8, 4) is 0 Å². The molecule has 0 aliphatic rings. The van der Waals surface area contributed by atoms with Gasteiger partial charge in [-0.3, -0.25) is 9.59 Å². The van der Waals surface area contributed by atoms with Gasteiger partial charge in [0.25, 0.3) is 5.91 Å². The van der Waals surface area contributed by atoms with Gasteiger partial charge in [0.15, 0.2) is 0 Å². The molecule has 118 valence electrons. The van der Waals surface area contributed by atoms with E-state index in [-0.39, 0.29) is 18.9 Å². The van der Waals surface area contributed by atoms with Crippen LogP contribution in [0.1, 0.15) is 16.8 Å². The number of rotatable bonds is 4. The molecule has 0 radical (unpaired) electrons. The molecule has 0 fully saturated rings. The lowest BCUT2D eigenvalue weighted by Crippen LogP contribution is -2.26. The number of aliphatic carboxylic acids is 1. The second kappa shape index (κ2) is 5.49. The van der Waals surface area contributed by atoms with Gasteiger partial charge in [-0.2, -0.15) is 0 Å². The second-order valence-corrected chi connectivity index (χ2v) is 5.87. The molecule has 0 heterocycles. The van der Waals surface area contributed by atoms with Crippen LogP contribution in [0.25, 0.3) is 32.3 Å². The number of carboxylic acids is 1. The van der Waals surface area contributed by atoms with Crippen molar-refractivity contribution >= 4 is 44.2 Å². The van der Waals surface area contributed by atoms with Crippen molar-refractivity contribution in [1.29, 1.82) is 0 Å². The van der Waals surface area contributed by atoms with E-state index in [0.717, 1.165) is 32.3 Å². The third-order valence-electron chi connectivity index (χ3n) is 4.40. The molecule has 4 heteroatoms. The monoisotopic (exact) mass is 317 g/mol. The van der Waals surface area contributed by atoms with Crippen LogP contribution in [0.5, 0.6) is 0 Å². The highest BCUT2D eigenvalue weighted by Crippen LogP contribution is 2.35. The van der Waals surface area contributed by atoms with Crippen molar-refractivity contribution in [2.45, 2.75) is 6.42 Å². The summed E-state index contributed by atoms with van der Waals surface area (Å²) in [5.41, 5.74) is 0.575. The molecule has 4 aromatic carbocycles. The maximum atomic E-state index is 12.5. The molecule has 0 unspecified atom stereocenters. The van der Waals surface area contributed by atoms with E-state index >= 15 is 0 Å². The normalized spacial score (nSPS) is 11.3. The van der Waals surface area contributed by atoms with E-state index in [1.165, 1.54) is 0 Å². The van der Waals surface area contributed by atoms with Crippen molar-refractivity contribution in [2.24, 2.45) is 0 Å². The Balaban J connectivity index is 1.88. The van der Waals surface area contributed by atoms with Crippen LogP contribution in [0.4, 0.5) is 0 Å². The lowest BCUT2D eigenvalue weighted by molar-refractivity contribution is -0.136. The number of nitrogens with one attached hydrogen (secondary N) is 1. The number of hydrogen-bond donors (Lipinski definition) is 2. The van der Waals surface area contributed by atoms with Gasteiger partial charge < -0.3 is 10.4 Å². The first-order valence-corrected chi connectivity index (χ1v) is 7.82. The smallest absolute Gasteiger partial charge is 0.305 e. The minimum atomic E-state index is -0.925. The van der Waals surface area contributed by atoms with Crippen LogP contribution < -0.4 is 5.32 Å². The van der Waals surface area contributed by atoms with Crippen molar-refractivity contribution in [3.63, 3.8) is 0 Å². The van der Waals surface area contributed by atoms with Crippen LogP contribution in [-0.4, -0.2) is 23.5 Å². The molecule has 0 atom stereocenters. The second-order valence-electron chi connectivity index (χ2n) is 5.87. The minimum Gasteiger partial charge on any atom is -0.481 e. The molecule has 0 aliphatic carbocycles. The quantitative estimate of drug-likeness (QED) is 0.563. The predicted molar refractivity (Wildman–Crippen MR) is 94.7 cm³/mol. The molecule has 4 nitrogen and oxygen atoms in total. The summed E-state index contributed by atoms with van der Waals surface area (Å²) in [6.45, 7) is 0.121. The molecule has 1 amide bonds. The molecular weight excluding hydrogens is 302 g/mol. The van der Waals surface area contributed by atoms with E-state index in [1.54, 1.807) is 6.07 Å². The van der Waals surface area contributed by atoms with Crippen molar-refractivity contribution < 1.29 is 14.7 Å². The minimum absolute atomic E-state index is 0.0857. The van der Waals surface area contributed by atoms with Gasteiger partial charge in [0.2, 0.25) is 0 Å². The standard InChI is InChI=1S/C20H15NO3/c22-17(23)10-11-21-20(24)16-9-7-14-5-4-12-2-1-3-13-6-8-15(16)19(14)18(12)13/h1-9H,10-11H2,(H,21,24)(H,22,23). The van der Waals surface area contributed by atoms with Crippen LogP contribution in [0, 0.1) is 0 Å². The molecular formula is C20H15NO3. The number of benzene rings is 4. The van der Waals surface area contributed by atoms with Gasteiger partial charge in [0.1, 0.15) is 0 Å². The van der Waals surface area contributed by atoms with Gasteiger partial charge >= 0.3 is 5.97 Å². The first kappa shape index (κ1) is 14.5. The molecule has 4 aromatic rings. The zero-order chi connectivity index (χ0) is 16.7. The first-order chi connectivity index (χ1) is 11.6. The number of carbonyl (C=O) groups is 2. The summed E-state index contributed by atoms with van der Waals surface area (Å²) in [6, 6.07) is 18.1. The van der Waals surface area contributed by atoms with Crippen molar-refractivity contribution in [3.05, 3.63) is 60.2 Å². The van der Waals surface area contributed by atoms with Crippen LogP contribution in [0.2, 0.25) is 0 Å². The van der Waals surface area contributed by atoms with Gasteiger partial charge in [-0.15, -0.1) is 0 Å². The van der Waals surface area contributed by atoms with Gasteiger partial charge in [-0.1, -0.05) is 48.5 Å². The van der Waals surface area contributed by atoms with E-state index in [9.17, 15) is 9.59 Å². The fraction of sp³-hybridized carbons (Fsp3) is 0.100. The summed E-state index contributed by atoms with van der Waals surface area (Å²) in [5.74, 6) is -1.17. The van der Waals surface area contributed by atoms with Crippen LogP contribution in [-0.2, 0) is 4.79 Å². The Morgan fingerprint density at radius 3 is 2.17 bits per heavy atom. The fourth-order valence-corrected chi connectivity index (χ4v) is 3.31. The number of amides is 1. The molecule has 0 aromatic heterocycles. The fourth-order valence-electron chi connectivity index (χ4n) is 3.31. The number of carboxylic acid groups (broad SMARTS) is 1. The van der Waals surface area contributed by atoms with Gasteiger partial charge in [0.05, 0.1) is 6.42 Å². The topological polar surface area (TPSA) is 66.4 Å². The highest BCUT2D eigenvalue weighted by molar-refractivity contribution is 6.26. The highest BCUT2D eigenvalue weighted by Gasteiger charge is 2.14. The molecule has 2 N–H and O–H groups in total. The SMILES string of the molecule is O=C(O)CCNC(=O)c1ccc2ccc3cccc4ccc1c2c34. The molecule has 0 spiro atoms. The Morgan fingerprint density at radius 1 is 0.833 bits per heavy atom. The number of carbonyl (C=O) groups excluding carboxylic acids is 1.